The molecule has 2 rings (SSSR count). The maximum Gasteiger partial charge on any atom is 0.253 e. The van der Waals surface area contributed by atoms with Gasteiger partial charge in [0.25, 0.3) is 5.91 Å². The Labute approximate surface area is 144 Å². The van der Waals surface area contributed by atoms with Crippen LogP contribution in [-0.4, -0.2) is 18.4 Å². The van der Waals surface area contributed by atoms with Crippen LogP contribution in [-0.2, 0) is 4.79 Å². The lowest BCUT2D eigenvalue weighted by Crippen LogP contribution is -2.38. The van der Waals surface area contributed by atoms with E-state index in [0.717, 1.165) is 5.56 Å². The van der Waals surface area contributed by atoms with E-state index in [0.29, 0.717) is 15.6 Å². The first kappa shape index (κ1) is 17.3. The minimum atomic E-state index is -0.392. The summed E-state index contributed by atoms with van der Waals surface area (Å²) in [7, 11) is 0. The second-order valence-electron chi connectivity index (χ2n) is 4.97. The molecule has 2 aromatic carbocycles. The first-order valence-corrected chi connectivity index (χ1v) is 7.81. The smallest absolute Gasteiger partial charge is 0.253 e. The van der Waals surface area contributed by atoms with Crippen molar-refractivity contribution in [3.8, 4) is 0 Å². The predicted molar refractivity (Wildman–Crippen MR) is 91.8 cm³/mol. The third-order valence-corrected chi connectivity index (χ3v) is 3.95. The minimum absolute atomic E-state index is 0.140. The van der Waals surface area contributed by atoms with Gasteiger partial charge in [-0.3, -0.25) is 9.59 Å². The van der Waals surface area contributed by atoms with Crippen LogP contribution in [0.15, 0.2) is 48.5 Å². The van der Waals surface area contributed by atoms with E-state index in [4.69, 9.17) is 23.2 Å². The lowest BCUT2D eigenvalue weighted by Gasteiger charge is -2.16. The molecule has 6 heteroatoms. The van der Waals surface area contributed by atoms with E-state index in [9.17, 15) is 9.59 Å². The van der Waals surface area contributed by atoms with Gasteiger partial charge in [-0.25, -0.2) is 0 Å². The third-order valence-electron chi connectivity index (χ3n) is 3.28. The van der Waals surface area contributed by atoms with Crippen molar-refractivity contribution < 1.29 is 9.59 Å². The largest absolute Gasteiger partial charge is 0.348 e. The van der Waals surface area contributed by atoms with Gasteiger partial charge >= 0.3 is 0 Å². The summed E-state index contributed by atoms with van der Waals surface area (Å²) in [6.45, 7) is 1.69. The number of rotatable bonds is 5. The van der Waals surface area contributed by atoms with Crippen molar-refractivity contribution in [3.63, 3.8) is 0 Å². The number of amides is 2. The van der Waals surface area contributed by atoms with E-state index in [1.165, 1.54) is 0 Å². The number of nitrogens with one attached hydrogen (secondary N) is 2. The van der Waals surface area contributed by atoms with Crippen molar-refractivity contribution in [3.05, 3.63) is 69.7 Å². The molecule has 0 aliphatic carbocycles. The van der Waals surface area contributed by atoms with Gasteiger partial charge in [-0.05, 0) is 30.7 Å². The topological polar surface area (TPSA) is 58.2 Å². The van der Waals surface area contributed by atoms with Crippen LogP contribution < -0.4 is 10.6 Å². The van der Waals surface area contributed by atoms with Crippen LogP contribution in [0.1, 0.15) is 28.9 Å². The summed E-state index contributed by atoms with van der Waals surface area (Å²) in [5.74, 6) is -0.700. The van der Waals surface area contributed by atoms with Gasteiger partial charge in [0.15, 0.2) is 0 Å². The molecule has 23 heavy (non-hydrogen) atoms. The molecule has 0 spiro atoms. The number of halogens is 2. The van der Waals surface area contributed by atoms with E-state index in [1.54, 1.807) is 30.3 Å². The van der Waals surface area contributed by atoms with Crippen molar-refractivity contribution in [2.24, 2.45) is 0 Å². The van der Waals surface area contributed by atoms with Gasteiger partial charge in [-0.15, -0.1) is 0 Å². The van der Waals surface area contributed by atoms with E-state index >= 15 is 0 Å². The highest BCUT2D eigenvalue weighted by Gasteiger charge is 2.14. The van der Waals surface area contributed by atoms with Gasteiger partial charge in [0.1, 0.15) is 0 Å². The van der Waals surface area contributed by atoms with Crippen LogP contribution in [0.4, 0.5) is 0 Å². The third kappa shape index (κ3) is 4.71. The highest BCUT2D eigenvalue weighted by molar-refractivity contribution is 6.33. The number of hydrogen-bond donors (Lipinski definition) is 2. The summed E-state index contributed by atoms with van der Waals surface area (Å²) in [6.07, 6.45) is 0. The number of carbonyl (C=O) groups excluding carboxylic acids is 2. The summed E-state index contributed by atoms with van der Waals surface area (Å²) < 4.78 is 0. The Hall–Kier alpha value is -2.04. The SMILES string of the molecule is CC(NC(=O)CNC(=O)c1ccccc1Cl)c1ccccc1Cl. The van der Waals surface area contributed by atoms with Crippen molar-refractivity contribution in [2.75, 3.05) is 6.54 Å². The fourth-order valence-corrected chi connectivity index (χ4v) is 2.62. The van der Waals surface area contributed by atoms with Gasteiger partial charge in [-0.1, -0.05) is 53.5 Å². The predicted octanol–water partition coefficient (Wildman–Crippen LogP) is 3.60. The second-order valence-corrected chi connectivity index (χ2v) is 5.79. The molecule has 0 aliphatic heterocycles. The molecule has 2 amide bonds. The van der Waals surface area contributed by atoms with Crippen LogP contribution in [0.3, 0.4) is 0 Å². The zero-order valence-electron chi connectivity index (χ0n) is 12.5. The molecule has 0 heterocycles. The zero-order chi connectivity index (χ0) is 16.8. The molecule has 4 nitrogen and oxygen atoms in total. The average molecular weight is 351 g/mol. The lowest BCUT2D eigenvalue weighted by molar-refractivity contribution is -0.120. The highest BCUT2D eigenvalue weighted by atomic mass is 35.5. The Kier molecular flexibility index (Phi) is 6.02. The first-order valence-electron chi connectivity index (χ1n) is 7.05. The molecule has 0 bridgehead atoms. The molecule has 1 atom stereocenters. The number of hydrogen-bond acceptors (Lipinski definition) is 2. The maximum absolute atomic E-state index is 12.0. The molecule has 1 unspecified atom stereocenters. The number of carbonyl (C=O) groups is 2. The molecule has 2 aromatic rings. The van der Waals surface area contributed by atoms with E-state index in [-0.39, 0.29) is 18.5 Å². The minimum Gasteiger partial charge on any atom is -0.348 e. The molecular weight excluding hydrogens is 335 g/mol. The number of benzene rings is 2. The summed E-state index contributed by atoms with van der Waals surface area (Å²) in [5.41, 5.74) is 1.15. The van der Waals surface area contributed by atoms with Crippen LogP contribution in [0.25, 0.3) is 0 Å². The first-order chi connectivity index (χ1) is 11.0. The molecule has 2 N–H and O–H groups in total. The Balaban J connectivity index is 1.89. The summed E-state index contributed by atoms with van der Waals surface area (Å²) in [5, 5.41) is 6.26. The molecular formula is C17H16Cl2N2O2. The second kappa shape index (κ2) is 7.99. The van der Waals surface area contributed by atoms with Gasteiger partial charge in [-0.2, -0.15) is 0 Å². The Morgan fingerprint density at radius 1 is 1.00 bits per heavy atom. The quantitative estimate of drug-likeness (QED) is 0.865. The standard InChI is InChI=1S/C17H16Cl2N2O2/c1-11(12-6-2-4-8-14(12)18)21-16(22)10-20-17(23)13-7-3-5-9-15(13)19/h2-9,11H,10H2,1H3,(H,20,23)(H,21,22). The molecule has 0 saturated carbocycles. The van der Waals surface area contributed by atoms with Crippen molar-refractivity contribution in [1.29, 1.82) is 0 Å². The van der Waals surface area contributed by atoms with Crippen LogP contribution in [0.5, 0.6) is 0 Å². The van der Waals surface area contributed by atoms with E-state index in [1.807, 2.05) is 25.1 Å². The molecule has 0 aliphatic rings. The molecule has 120 valence electrons. The lowest BCUT2D eigenvalue weighted by atomic mass is 10.1. The van der Waals surface area contributed by atoms with Gasteiger partial charge < -0.3 is 10.6 Å². The molecule has 0 aromatic heterocycles. The van der Waals surface area contributed by atoms with Gasteiger partial charge in [0.05, 0.1) is 23.2 Å². The zero-order valence-corrected chi connectivity index (χ0v) is 14.0. The fourth-order valence-electron chi connectivity index (χ4n) is 2.10. The van der Waals surface area contributed by atoms with Crippen molar-refractivity contribution >= 4 is 35.0 Å². The van der Waals surface area contributed by atoms with E-state index in [2.05, 4.69) is 10.6 Å². The van der Waals surface area contributed by atoms with Crippen LogP contribution in [0.2, 0.25) is 10.0 Å². The summed E-state index contributed by atoms with van der Waals surface area (Å²) in [4.78, 5) is 23.9. The highest BCUT2D eigenvalue weighted by Crippen LogP contribution is 2.21. The summed E-state index contributed by atoms with van der Waals surface area (Å²) >= 11 is 12.0. The molecule has 0 radical (unpaired) electrons. The maximum atomic E-state index is 12.0. The average Bonchev–Trinajstić information content (AvgIpc) is 2.53. The van der Waals surface area contributed by atoms with E-state index < -0.39 is 5.91 Å². The van der Waals surface area contributed by atoms with Crippen LogP contribution in [0, 0.1) is 0 Å². The van der Waals surface area contributed by atoms with Crippen LogP contribution >= 0.6 is 23.2 Å². The normalized spacial score (nSPS) is 11.6. The Bertz CT molecular complexity index is 719. The summed E-state index contributed by atoms with van der Waals surface area (Å²) in [6, 6.07) is 13.7. The van der Waals surface area contributed by atoms with Crippen molar-refractivity contribution in [2.45, 2.75) is 13.0 Å². The van der Waals surface area contributed by atoms with Gasteiger partial charge in [0, 0.05) is 5.02 Å². The van der Waals surface area contributed by atoms with Crippen molar-refractivity contribution in [1.82, 2.24) is 10.6 Å². The molecule has 0 fully saturated rings. The Morgan fingerprint density at radius 2 is 1.61 bits per heavy atom. The Morgan fingerprint density at radius 3 is 2.26 bits per heavy atom. The van der Waals surface area contributed by atoms with Gasteiger partial charge in [0.2, 0.25) is 5.91 Å². The monoisotopic (exact) mass is 350 g/mol. The fraction of sp³-hybridized carbons (Fsp3) is 0.176. The molecule has 0 saturated heterocycles.